The van der Waals surface area contributed by atoms with Gasteiger partial charge in [-0.25, -0.2) is 0 Å². The van der Waals surface area contributed by atoms with E-state index in [4.69, 9.17) is 4.74 Å². The smallest absolute Gasteiger partial charge is 0.241 e. The molecule has 1 amide bonds. The van der Waals surface area contributed by atoms with E-state index in [0.717, 1.165) is 49.7 Å². The minimum Gasteiger partial charge on any atom is -0.378 e. The van der Waals surface area contributed by atoms with Crippen molar-refractivity contribution in [2.75, 3.05) is 36.5 Å². The zero-order valence-electron chi connectivity index (χ0n) is 17.0. The number of hydrogen-bond donors (Lipinski definition) is 2. The first-order valence-corrected chi connectivity index (χ1v) is 11.1. The number of amides is 1. The largest absolute Gasteiger partial charge is 0.378 e. The van der Waals surface area contributed by atoms with Crippen LogP contribution in [0.2, 0.25) is 0 Å². The lowest BCUT2D eigenvalue weighted by Crippen LogP contribution is -2.62. The molecule has 4 saturated carbocycles. The SMILES string of the molecule is C[C@@H](NC12CC3CC(CC(C3)C1)C2)C(=O)Nc1ccc(N2CCOCC2)cc1. The van der Waals surface area contributed by atoms with E-state index in [1.807, 2.05) is 19.1 Å². The van der Waals surface area contributed by atoms with Crippen LogP contribution >= 0.6 is 0 Å². The molecule has 4 bridgehead atoms. The third kappa shape index (κ3) is 3.67. The Kier molecular flexibility index (Phi) is 4.84. The van der Waals surface area contributed by atoms with Gasteiger partial charge >= 0.3 is 0 Å². The van der Waals surface area contributed by atoms with Crippen LogP contribution in [0.5, 0.6) is 0 Å². The van der Waals surface area contributed by atoms with Gasteiger partial charge in [-0.1, -0.05) is 0 Å². The quantitative estimate of drug-likeness (QED) is 0.818. The summed E-state index contributed by atoms with van der Waals surface area (Å²) in [4.78, 5) is 15.1. The Morgan fingerprint density at radius 3 is 2.18 bits per heavy atom. The van der Waals surface area contributed by atoms with E-state index in [2.05, 4.69) is 27.7 Å². The molecule has 4 aliphatic carbocycles. The van der Waals surface area contributed by atoms with Crippen molar-refractivity contribution in [1.29, 1.82) is 0 Å². The summed E-state index contributed by atoms with van der Waals surface area (Å²) in [5.41, 5.74) is 2.29. The average molecular weight is 384 g/mol. The number of ether oxygens (including phenoxy) is 1. The zero-order chi connectivity index (χ0) is 19.1. The second-order valence-corrected chi connectivity index (χ2v) is 9.70. The fourth-order valence-electron chi connectivity index (χ4n) is 6.64. The molecule has 5 heteroatoms. The van der Waals surface area contributed by atoms with Gasteiger partial charge in [0.25, 0.3) is 0 Å². The highest BCUT2D eigenvalue weighted by Crippen LogP contribution is 2.55. The molecule has 0 aromatic heterocycles. The summed E-state index contributed by atoms with van der Waals surface area (Å²) in [7, 11) is 0. The first kappa shape index (κ1) is 18.4. The van der Waals surface area contributed by atoms with Gasteiger partial charge in [-0.05, 0) is 87.5 Å². The molecular formula is C23H33N3O2. The van der Waals surface area contributed by atoms with E-state index in [9.17, 15) is 4.79 Å². The van der Waals surface area contributed by atoms with Crippen LogP contribution in [0.25, 0.3) is 0 Å². The van der Waals surface area contributed by atoms with E-state index < -0.39 is 0 Å². The molecule has 0 radical (unpaired) electrons. The number of anilines is 2. The molecule has 28 heavy (non-hydrogen) atoms. The van der Waals surface area contributed by atoms with Crippen LogP contribution in [0.3, 0.4) is 0 Å². The third-order valence-electron chi connectivity index (χ3n) is 7.47. The third-order valence-corrected chi connectivity index (χ3v) is 7.47. The Morgan fingerprint density at radius 1 is 1.04 bits per heavy atom. The maximum Gasteiger partial charge on any atom is 0.241 e. The molecule has 5 aliphatic rings. The second kappa shape index (κ2) is 7.34. The molecule has 1 atom stereocenters. The number of rotatable bonds is 5. The Balaban J connectivity index is 1.18. The van der Waals surface area contributed by atoms with Crippen molar-refractivity contribution < 1.29 is 9.53 Å². The van der Waals surface area contributed by atoms with Crippen molar-refractivity contribution in [1.82, 2.24) is 5.32 Å². The van der Waals surface area contributed by atoms with Gasteiger partial charge in [-0.15, -0.1) is 0 Å². The predicted octanol–water partition coefficient (Wildman–Crippen LogP) is 3.41. The minimum absolute atomic E-state index is 0.0786. The first-order chi connectivity index (χ1) is 13.6. The van der Waals surface area contributed by atoms with Crippen LogP contribution in [-0.2, 0) is 9.53 Å². The standard InChI is InChI=1S/C23H33N3O2/c1-16(25-23-13-17-10-18(14-23)12-19(11-17)15-23)22(27)24-20-2-4-21(5-3-20)26-6-8-28-9-7-26/h2-5,16-19,25H,6-15H2,1H3,(H,24,27)/t16-,17?,18?,19?,23?/m1/s1. The van der Waals surface area contributed by atoms with Crippen molar-refractivity contribution in [2.24, 2.45) is 17.8 Å². The molecule has 5 fully saturated rings. The maximum absolute atomic E-state index is 12.8. The van der Waals surface area contributed by atoms with Gasteiger partial charge in [-0.3, -0.25) is 4.79 Å². The highest BCUT2D eigenvalue weighted by atomic mass is 16.5. The van der Waals surface area contributed by atoms with Crippen molar-refractivity contribution in [3.8, 4) is 0 Å². The molecule has 1 heterocycles. The maximum atomic E-state index is 12.8. The summed E-state index contributed by atoms with van der Waals surface area (Å²) >= 11 is 0. The van der Waals surface area contributed by atoms with Crippen LogP contribution < -0.4 is 15.5 Å². The Morgan fingerprint density at radius 2 is 1.61 bits per heavy atom. The van der Waals surface area contributed by atoms with Gasteiger partial charge in [0.05, 0.1) is 19.3 Å². The monoisotopic (exact) mass is 383 g/mol. The van der Waals surface area contributed by atoms with Crippen molar-refractivity contribution in [3.05, 3.63) is 24.3 Å². The number of morpholine rings is 1. The van der Waals surface area contributed by atoms with Gasteiger partial charge in [0, 0.05) is 30.0 Å². The summed E-state index contributed by atoms with van der Waals surface area (Å²) in [5.74, 6) is 2.75. The zero-order valence-corrected chi connectivity index (χ0v) is 17.0. The van der Waals surface area contributed by atoms with E-state index >= 15 is 0 Å². The van der Waals surface area contributed by atoms with Crippen LogP contribution in [0.1, 0.15) is 45.4 Å². The van der Waals surface area contributed by atoms with Crippen LogP contribution in [0.15, 0.2) is 24.3 Å². The number of carbonyl (C=O) groups is 1. The molecule has 0 spiro atoms. The van der Waals surface area contributed by atoms with Crippen LogP contribution in [0.4, 0.5) is 11.4 Å². The number of carbonyl (C=O) groups excluding carboxylic acids is 1. The molecule has 6 rings (SSSR count). The van der Waals surface area contributed by atoms with Gasteiger partial charge in [0.2, 0.25) is 5.91 Å². The fraction of sp³-hybridized carbons (Fsp3) is 0.696. The Hall–Kier alpha value is -1.59. The predicted molar refractivity (Wildman–Crippen MR) is 112 cm³/mol. The van der Waals surface area contributed by atoms with Crippen LogP contribution in [-0.4, -0.2) is 43.8 Å². The Bertz CT molecular complexity index is 676. The molecule has 1 aromatic carbocycles. The summed E-state index contributed by atoms with van der Waals surface area (Å²) in [5, 5.41) is 6.88. The van der Waals surface area contributed by atoms with Crippen molar-refractivity contribution in [2.45, 2.75) is 57.0 Å². The van der Waals surface area contributed by atoms with Gasteiger partial charge in [0.15, 0.2) is 0 Å². The highest BCUT2D eigenvalue weighted by Gasteiger charge is 2.51. The second-order valence-electron chi connectivity index (χ2n) is 9.70. The lowest BCUT2D eigenvalue weighted by atomic mass is 9.53. The number of hydrogen-bond acceptors (Lipinski definition) is 4. The van der Waals surface area contributed by atoms with Gasteiger partial charge in [-0.2, -0.15) is 0 Å². The topological polar surface area (TPSA) is 53.6 Å². The summed E-state index contributed by atoms with van der Waals surface area (Å²) in [6.07, 6.45) is 8.09. The molecule has 1 aromatic rings. The summed E-state index contributed by atoms with van der Waals surface area (Å²) in [6, 6.07) is 8.06. The fourth-order valence-corrected chi connectivity index (χ4v) is 6.64. The lowest BCUT2D eigenvalue weighted by molar-refractivity contribution is -0.119. The van der Waals surface area contributed by atoms with Gasteiger partial charge < -0.3 is 20.3 Å². The molecule has 2 N–H and O–H groups in total. The normalized spacial score (nSPS) is 35.0. The first-order valence-electron chi connectivity index (χ1n) is 11.1. The number of nitrogens with one attached hydrogen (secondary N) is 2. The minimum atomic E-state index is -0.157. The van der Waals surface area contributed by atoms with E-state index in [1.165, 1.54) is 44.2 Å². The Labute approximate surface area is 168 Å². The lowest BCUT2D eigenvalue weighted by Gasteiger charge is -2.57. The molecule has 0 unspecified atom stereocenters. The molecule has 1 saturated heterocycles. The van der Waals surface area contributed by atoms with Crippen molar-refractivity contribution >= 4 is 17.3 Å². The summed E-state index contributed by atoms with van der Waals surface area (Å²) < 4.78 is 5.42. The van der Waals surface area contributed by atoms with E-state index in [0.29, 0.717) is 0 Å². The number of benzene rings is 1. The van der Waals surface area contributed by atoms with E-state index in [-0.39, 0.29) is 17.5 Å². The van der Waals surface area contributed by atoms with E-state index in [1.54, 1.807) is 0 Å². The van der Waals surface area contributed by atoms with Crippen LogP contribution in [0, 0.1) is 17.8 Å². The van der Waals surface area contributed by atoms with Gasteiger partial charge in [0.1, 0.15) is 0 Å². The number of nitrogens with zero attached hydrogens (tertiary/aromatic N) is 1. The molecular weight excluding hydrogens is 350 g/mol. The summed E-state index contributed by atoms with van der Waals surface area (Å²) in [6.45, 7) is 5.45. The molecule has 5 nitrogen and oxygen atoms in total. The highest BCUT2D eigenvalue weighted by molar-refractivity contribution is 5.94. The van der Waals surface area contributed by atoms with Crippen molar-refractivity contribution in [3.63, 3.8) is 0 Å². The molecule has 1 aliphatic heterocycles. The average Bonchev–Trinajstić information content (AvgIpc) is 2.68. The molecule has 152 valence electrons.